The number of anilines is 1. The Morgan fingerprint density at radius 1 is 1.04 bits per heavy atom. The van der Waals surface area contributed by atoms with Crippen molar-refractivity contribution in [2.24, 2.45) is 0 Å². The van der Waals surface area contributed by atoms with E-state index in [4.69, 9.17) is 0 Å². The molecule has 4 rings (SSSR count). The number of amides is 2. The van der Waals surface area contributed by atoms with Crippen molar-refractivity contribution < 1.29 is 14.0 Å². The highest BCUT2D eigenvalue weighted by Crippen LogP contribution is 2.41. The highest BCUT2D eigenvalue weighted by molar-refractivity contribution is 6.21. The number of nitrogens with one attached hydrogen (secondary N) is 1. The molecule has 2 amide bonds. The molecule has 2 heterocycles. The van der Waals surface area contributed by atoms with Crippen molar-refractivity contribution in [2.45, 2.75) is 38.5 Å². The third-order valence-corrected chi connectivity index (χ3v) is 5.32. The van der Waals surface area contributed by atoms with Crippen LogP contribution in [0.25, 0.3) is 6.08 Å². The quantitative estimate of drug-likeness (QED) is 0.635. The minimum atomic E-state index is -1.81. The lowest BCUT2D eigenvalue weighted by molar-refractivity contribution is 0.0598. The summed E-state index contributed by atoms with van der Waals surface area (Å²) in [5, 5.41) is 3.00. The molecule has 0 saturated carbocycles. The largest absolute Gasteiger partial charge is 0.349 e. The van der Waals surface area contributed by atoms with E-state index in [1.54, 1.807) is 37.3 Å². The van der Waals surface area contributed by atoms with Gasteiger partial charge in [-0.15, -0.1) is 0 Å². The van der Waals surface area contributed by atoms with Gasteiger partial charge in [0.25, 0.3) is 11.8 Å². The molecule has 0 aromatic heterocycles. The number of hydrogen-bond acceptors (Lipinski definition) is 3. The highest BCUT2D eigenvalue weighted by Gasteiger charge is 2.46. The van der Waals surface area contributed by atoms with Gasteiger partial charge < -0.3 is 5.32 Å². The summed E-state index contributed by atoms with van der Waals surface area (Å²) in [7, 11) is 0. The number of benzene rings is 2. The topological polar surface area (TPSA) is 49.4 Å². The third kappa shape index (κ3) is 2.65. The summed E-state index contributed by atoms with van der Waals surface area (Å²) in [6.45, 7) is 3.63. The molecule has 2 aliphatic heterocycles. The predicted molar refractivity (Wildman–Crippen MR) is 103 cm³/mol. The second-order valence-corrected chi connectivity index (χ2v) is 7.06. The number of imide groups is 1. The number of hydrogen-bond donors (Lipinski definition) is 1. The van der Waals surface area contributed by atoms with Crippen LogP contribution < -0.4 is 5.32 Å². The number of rotatable bonds is 4. The van der Waals surface area contributed by atoms with E-state index in [0.717, 1.165) is 5.56 Å². The van der Waals surface area contributed by atoms with E-state index in [1.807, 2.05) is 31.2 Å². The molecule has 0 radical (unpaired) electrons. The van der Waals surface area contributed by atoms with Crippen LogP contribution >= 0.6 is 0 Å². The number of fused-ring (bicyclic) bond motifs is 2. The maximum Gasteiger partial charge on any atom is 0.262 e. The second kappa shape index (κ2) is 6.34. The summed E-state index contributed by atoms with van der Waals surface area (Å²) < 4.78 is 16.0. The molecule has 0 fully saturated rings. The van der Waals surface area contributed by atoms with Gasteiger partial charge in [0.05, 0.1) is 17.2 Å². The molecule has 4 nitrogen and oxygen atoms in total. The van der Waals surface area contributed by atoms with Gasteiger partial charge in [0, 0.05) is 17.7 Å². The minimum Gasteiger partial charge on any atom is -0.349 e. The Labute approximate surface area is 157 Å². The summed E-state index contributed by atoms with van der Waals surface area (Å²) in [6.07, 6.45) is 2.65. The maximum atomic E-state index is 16.0. The second-order valence-electron chi connectivity index (χ2n) is 7.06. The lowest BCUT2D eigenvalue weighted by Gasteiger charge is -2.39. The zero-order chi connectivity index (χ0) is 19.2. The molecule has 2 aromatic rings. The zero-order valence-corrected chi connectivity index (χ0v) is 15.3. The Bertz CT molecular complexity index is 933. The van der Waals surface area contributed by atoms with Crippen LogP contribution in [-0.4, -0.2) is 28.5 Å². The van der Waals surface area contributed by atoms with Crippen LogP contribution in [-0.2, 0) is 0 Å². The molecule has 2 atom stereocenters. The van der Waals surface area contributed by atoms with Gasteiger partial charge in [0.15, 0.2) is 0 Å². The number of halogens is 1. The number of carbonyl (C=O) groups is 2. The first kappa shape index (κ1) is 17.5. The van der Waals surface area contributed by atoms with E-state index >= 15 is 4.39 Å². The molecule has 2 unspecified atom stereocenters. The van der Waals surface area contributed by atoms with Gasteiger partial charge in [-0.25, -0.2) is 4.39 Å². The van der Waals surface area contributed by atoms with Crippen molar-refractivity contribution >= 4 is 23.6 Å². The fraction of sp³-hybridized carbons (Fsp3) is 0.273. The summed E-state index contributed by atoms with van der Waals surface area (Å²) in [5.74, 6) is -2.55. The molecule has 0 aliphatic carbocycles. The van der Waals surface area contributed by atoms with Crippen molar-refractivity contribution in [1.29, 1.82) is 0 Å². The molecule has 0 bridgehead atoms. The van der Waals surface area contributed by atoms with E-state index in [0.29, 0.717) is 28.8 Å². The Balaban J connectivity index is 1.78. The van der Waals surface area contributed by atoms with E-state index in [9.17, 15) is 9.59 Å². The van der Waals surface area contributed by atoms with E-state index in [2.05, 4.69) is 5.32 Å². The Morgan fingerprint density at radius 3 is 2.26 bits per heavy atom. The van der Waals surface area contributed by atoms with Crippen LogP contribution in [0.4, 0.5) is 10.1 Å². The Kier molecular flexibility index (Phi) is 4.10. The van der Waals surface area contributed by atoms with E-state index < -0.39 is 11.8 Å². The number of alkyl halides is 1. The lowest BCUT2D eigenvalue weighted by Crippen LogP contribution is -2.48. The molecule has 2 aromatic carbocycles. The number of carbonyl (C=O) groups excluding carboxylic acids is 2. The molecular weight excluding hydrogens is 343 g/mol. The minimum absolute atomic E-state index is 0.251. The van der Waals surface area contributed by atoms with Crippen LogP contribution in [0.15, 0.2) is 54.1 Å². The molecule has 1 N–H and O–H groups in total. The van der Waals surface area contributed by atoms with Crippen molar-refractivity contribution in [2.75, 3.05) is 5.32 Å². The van der Waals surface area contributed by atoms with Crippen LogP contribution in [0.1, 0.15) is 53.0 Å². The van der Waals surface area contributed by atoms with Gasteiger partial charge >= 0.3 is 0 Å². The van der Waals surface area contributed by atoms with Crippen LogP contribution in [0.3, 0.4) is 0 Å². The predicted octanol–water partition coefficient (Wildman–Crippen LogP) is 4.65. The maximum absolute atomic E-state index is 16.0. The first-order chi connectivity index (χ1) is 13.0. The molecule has 5 heteroatoms. The molecular formula is C22H21FN2O2. The van der Waals surface area contributed by atoms with Crippen molar-refractivity contribution in [3.63, 3.8) is 0 Å². The summed E-state index contributed by atoms with van der Waals surface area (Å²) in [6, 6.07) is 13.5. The first-order valence-electron chi connectivity index (χ1n) is 9.21. The van der Waals surface area contributed by atoms with Crippen LogP contribution in [0.5, 0.6) is 0 Å². The van der Waals surface area contributed by atoms with Gasteiger partial charge in [-0.3, -0.25) is 14.5 Å². The van der Waals surface area contributed by atoms with Crippen molar-refractivity contribution in [1.82, 2.24) is 4.90 Å². The monoisotopic (exact) mass is 364 g/mol. The van der Waals surface area contributed by atoms with E-state index in [-0.39, 0.29) is 18.2 Å². The molecule has 0 saturated heterocycles. The molecule has 2 aliphatic rings. The Morgan fingerprint density at radius 2 is 1.63 bits per heavy atom. The first-order valence-corrected chi connectivity index (χ1v) is 9.21. The van der Waals surface area contributed by atoms with Crippen molar-refractivity contribution in [3.8, 4) is 0 Å². The average Bonchev–Trinajstić information content (AvgIpc) is 2.92. The fourth-order valence-corrected chi connectivity index (χ4v) is 4.01. The van der Waals surface area contributed by atoms with E-state index in [1.165, 1.54) is 4.90 Å². The van der Waals surface area contributed by atoms with Gasteiger partial charge in [0.2, 0.25) is 5.79 Å². The Hall–Kier alpha value is -2.95. The fourth-order valence-electron chi connectivity index (χ4n) is 4.01. The normalized spacial score (nSPS) is 22.0. The van der Waals surface area contributed by atoms with Crippen molar-refractivity contribution in [3.05, 3.63) is 70.8 Å². The highest BCUT2D eigenvalue weighted by atomic mass is 19.1. The number of para-hydroxylation sites is 1. The average molecular weight is 364 g/mol. The summed E-state index contributed by atoms with van der Waals surface area (Å²) in [4.78, 5) is 26.9. The van der Waals surface area contributed by atoms with Crippen LogP contribution in [0.2, 0.25) is 0 Å². The molecule has 27 heavy (non-hydrogen) atoms. The van der Waals surface area contributed by atoms with Gasteiger partial charge in [-0.05, 0) is 36.8 Å². The SMILES string of the molecule is CCCC1(F)Nc2ccccc2C=C1C(C)N1C(=O)c2ccccc2C1=O. The standard InChI is InChI=1S/C22H21FN2O2/c1-3-12-22(23)18(13-15-8-4-7-11-19(15)24-22)14(2)25-20(26)16-9-5-6-10-17(16)21(25)27/h4-11,13-14,24H,3,12H2,1-2H3. The molecule has 138 valence electrons. The summed E-state index contributed by atoms with van der Waals surface area (Å²) >= 11 is 0. The zero-order valence-electron chi connectivity index (χ0n) is 15.3. The van der Waals surface area contributed by atoms with Crippen LogP contribution in [0, 0.1) is 0 Å². The van der Waals surface area contributed by atoms with Gasteiger partial charge in [0.1, 0.15) is 0 Å². The lowest BCUT2D eigenvalue weighted by atomic mass is 9.87. The smallest absolute Gasteiger partial charge is 0.262 e. The summed E-state index contributed by atoms with van der Waals surface area (Å²) in [5.41, 5.74) is 2.71. The molecule has 0 spiro atoms. The van der Waals surface area contributed by atoms with Gasteiger partial charge in [-0.1, -0.05) is 43.7 Å². The number of nitrogens with zero attached hydrogens (tertiary/aromatic N) is 1. The third-order valence-electron chi connectivity index (χ3n) is 5.32. The van der Waals surface area contributed by atoms with Gasteiger partial charge in [-0.2, -0.15) is 0 Å².